The van der Waals surface area contributed by atoms with Crippen molar-refractivity contribution in [2.24, 2.45) is 5.73 Å². The summed E-state index contributed by atoms with van der Waals surface area (Å²) in [6.45, 7) is 1.66. The largest absolute Gasteiger partial charge is 0.391 e. The van der Waals surface area contributed by atoms with Crippen LogP contribution in [0.1, 0.15) is 18.5 Å². The van der Waals surface area contributed by atoms with E-state index in [-0.39, 0.29) is 6.04 Å². The summed E-state index contributed by atoms with van der Waals surface area (Å²) in [6.07, 6.45) is 2.77. The van der Waals surface area contributed by atoms with Crippen LogP contribution in [0.5, 0.6) is 0 Å². The molecule has 3 nitrogen and oxygen atoms in total. The summed E-state index contributed by atoms with van der Waals surface area (Å²) in [5.41, 5.74) is 6.61. The van der Waals surface area contributed by atoms with E-state index in [1.807, 2.05) is 0 Å². The normalized spacial score (nSPS) is 15.7. The third-order valence-electron chi connectivity index (χ3n) is 1.68. The van der Waals surface area contributed by atoms with Crippen LogP contribution in [-0.2, 0) is 0 Å². The molecule has 66 valence electrons. The molecule has 0 fully saturated rings. The van der Waals surface area contributed by atoms with Crippen molar-refractivity contribution in [3.63, 3.8) is 0 Å². The van der Waals surface area contributed by atoms with E-state index in [4.69, 9.17) is 5.73 Å². The van der Waals surface area contributed by atoms with Crippen molar-refractivity contribution in [3.8, 4) is 0 Å². The molecule has 0 saturated carbocycles. The molecule has 0 spiro atoms. The fourth-order valence-electron chi connectivity index (χ4n) is 0.916. The summed E-state index contributed by atoms with van der Waals surface area (Å²) in [7, 11) is 0. The van der Waals surface area contributed by atoms with E-state index in [0.29, 0.717) is 0 Å². The highest BCUT2D eigenvalue weighted by atomic mass is 79.9. The molecule has 0 aliphatic carbocycles. The van der Waals surface area contributed by atoms with Gasteiger partial charge in [-0.05, 0) is 34.5 Å². The van der Waals surface area contributed by atoms with Crippen molar-refractivity contribution in [2.45, 2.75) is 19.1 Å². The van der Waals surface area contributed by atoms with E-state index in [0.717, 1.165) is 10.0 Å². The first kappa shape index (κ1) is 9.64. The Morgan fingerprint density at radius 3 is 2.83 bits per heavy atom. The Morgan fingerprint density at radius 2 is 2.33 bits per heavy atom. The number of hydrogen-bond donors (Lipinski definition) is 2. The molecule has 0 saturated heterocycles. The second kappa shape index (κ2) is 3.98. The summed E-state index contributed by atoms with van der Waals surface area (Å²) in [6, 6.07) is 1.43. The second-order valence-corrected chi connectivity index (χ2v) is 3.52. The Balaban J connectivity index is 2.94. The van der Waals surface area contributed by atoms with Crippen molar-refractivity contribution in [3.05, 3.63) is 28.5 Å². The first-order valence-corrected chi connectivity index (χ1v) is 4.45. The van der Waals surface area contributed by atoms with Crippen LogP contribution in [-0.4, -0.2) is 16.2 Å². The SMILES string of the molecule is C[C@H](O)[C@H](N)c1ccncc1Br. The summed E-state index contributed by atoms with van der Waals surface area (Å²) in [5, 5.41) is 9.23. The van der Waals surface area contributed by atoms with Gasteiger partial charge >= 0.3 is 0 Å². The van der Waals surface area contributed by atoms with Gasteiger partial charge in [-0.3, -0.25) is 4.98 Å². The maximum Gasteiger partial charge on any atom is 0.0705 e. The molecule has 0 aromatic carbocycles. The van der Waals surface area contributed by atoms with Gasteiger partial charge in [0.05, 0.1) is 12.1 Å². The number of hydrogen-bond acceptors (Lipinski definition) is 3. The first-order chi connectivity index (χ1) is 5.63. The molecule has 1 heterocycles. The van der Waals surface area contributed by atoms with Crippen LogP contribution < -0.4 is 5.73 Å². The molecule has 0 bridgehead atoms. The Bertz CT molecular complexity index is 265. The molecule has 2 atom stereocenters. The van der Waals surface area contributed by atoms with Gasteiger partial charge in [0.2, 0.25) is 0 Å². The van der Waals surface area contributed by atoms with Crippen molar-refractivity contribution < 1.29 is 5.11 Å². The van der Waals surface area contributed by atoms with E-state index in [9.17, 15) is 5.11 Å². The number of nitrogens with two attached hydrogens (primary N) is 1. The van der Waals surface area contributed by atoms with Crippen LogP contribution in [0, 0.1) is 0 Å². The standard InChI is InChI=1S/C8H11BrN2O/c1-5(12)8(10)6-2-3-11-4-7(6)9/h2-5,8,12H,10H2,1H3/t5-,8-/m0/s1. The minimum Gasteiger partial charge on any atom is -0.391 e. The smallest absolute Gasteiger partial charge is 0.0705 e. The van der Waals surface area contributed by atoms with Crippen molar-refractivity contribution in [2.75, 3.05) is 0 Å². The van der Waals surface area contributed by atoms with Crippen LogP contribution in [0.25, 0.3) is 0 Å². The van der Waals surface area contributed by atoms with Crippen LogP contribution >= 0.6 is 15.9 Å². The molecule has 4 heteroatoms. The number of rotatable bonds is 2. The number of aliphatic hydroxyl groups is 1. The van der Waals surface area contributed by atoms with Gasteiger partial charge in [0.1, 0.15) is 0 Å². The highest BCUT2D eigenvalue weighted by Gasteiger charge is 2.14. The quantitative estimate of drug-likeness (QED) is 0.804. The molecule has 0 amide bonds. The predicted molar refractivity (Wildman–Crippen MR) is 50.5 cm³/mol. The number of halogens is 1. The van der Waals surface area contributed by atoms with E-state index in [2.05, 4.69) is 20.9 Å². The lowest BCUT2D eigenvalue weighted by atomic mass is 10.1. The number of aromatic nitrogens is 1. The number of aliphatic hydroxyl groups excluding tert-OH is 1. The third kappa shape index (κ3) is 2.03. The van der Waals surface area contributed by atoms with Crippen LogP contribution in [0.4, 0.5) is 0 Å². The monoisotopic (exact) mass is 230 g/mol. The zero-order chi connectivity index (χ0) is 9.14. The molecule has 12 heavy (non-hydrogen) atoms. The van der Waals surface area contributed by atoms with Gasteiger partial charge in [0.15, 0.2) is 0 Å². The zero-order valence-electron chi connectivity index (χ0n) is 6.74. The van der Waals surface area contributed by atoms with Gasteiger partial charge in [-0.2, -0.15) is 0 Å². The molecule has 0 radical (unpaired) electrons. The van der Waals surface area contributed by atoms with E-state index >= 15 is 0 Å². The number of nitrogens with zero attached hydrogens (tertiary/aromatic N) is 1. The maximum absolute atomic E-state index is 9.23. The molecule has 0 aliphatic rings. The minimum absolute atomic E-state index is 0.359. The molecular weight excluding hydrogens is 220 g/mol. The maximum atomic E-state index is 9.23. The van der Waals surface area contributed by atoms with E-state index < -0.39 is 6.10 Å². The minimum atomic E-state index is -0.552. The molecule has 1 aromatic heterocycles. The van der Waals surface area contributed by atoms with Crippen molar-refractivity contribution in [1.29, 1.82) is 0 Å². The first-order valence-electron chi connectivity index (χ1n) is 3.66. The van der Waals surface area contributed by atoms with Crippen LogP contribution in [0.3, 0.4) is 0 Å². The van der Waals surface area contributed by atoms with Gasteiger partial charge < -0.3 is 10.8 Å². The summed E-state index contributed by atoms with van der Waals surface area (Å²) < 4.78 is 0.832. The molecule has 3 N–H and O–H groups in total. The summed E-state index contributed by atoms with van der Waals surface area (Å²) >= 11 is 3.31. The lowest BCUT2D eigenvalue weighted by molar-refractivity contribution is 0.164. The topological polar surface area (TPSA) is 59.1 Å². The van der Waals surface area contributed by atoms with Gasteiger partial charge in [-0.15, -0.1) is 0 Å². The Kier molecular flexibility index (Phi) is 3.20. The molecule has 1 rings (SSSR count). The second-order valence-electron chi connectivity index (χ2n) is 2.66. The lowest BCUT2D eigenvalue weighted by Crippen LogP contribution is -2.23. The van der Waals surface area contributed by atoms with Gasteiger partial charge in [-0.25, -0.2) is 0 Å². The van der Waals surface area contributed by atoms with Crippen LogP contribution in [0.15, 0.2) is 22.9 Å². The highest BCUT2D eigenvalue weighted by molar-refractivity contribution is 9.10. The van der Waals surface area contributed by atoms with Gasteiger partial charge in [0, 0.05) is 16.9 Å². The Morgan fingerprint density at radius 1 is 1.67 bits per heavy atom. The fraction of sp³-hybridized carbons (Fsp3) is 0.375. The summed E-state index contributed by atoms with van der Waals surface area (Å²) in [4.78, 5) is 3.90. The molecule has 0 aliphatic heterocycles. The average Bonchev–Trinajstić information content (AvgIpc) is 2.04. The van der Waals surface area contributed by atoms with E-state index in [1.54, 1.807) is 25.4 Å². The number of pyridine rings is 1. The Hall–Kier alpha value is -0.450. The molecular formula is C8H11BrN2O. The Labute approximate surface area is 79.7 Å². The fourth-order valence-corrected chi connectivity index (χ4v) is 1.43. The predicted octanol–water partition coefficient (Wildman–Crippen LogP) is 1.22. The lowest BCUT2D eigenvalue weighted by Gasteiger charge is -2.15. The van der Waals surface area contributed by atoms with Crippen molar-refractivity contribution in [1.82, 2.24) is 4.98 Å². The van der Waals surface area contributed by atoms with Gasteiger partial charge in [0.25, 0.3) is 0 Å². The zero-order valence-corrected chi connectivity index (χ0v) is 8.32. The molecule has 1 aromatic rings. The van der Waals surface area contributed by atoms with Crippen molar-refractivity contribution >= 4 is 15.9 Å². The average molecular weight is 231 g/mol. The summed E-state index contributed by atoms with van der Waals surface area (Å²) in [5.74, 6) is 0. The molecule has 0 unspecified atom stereocenters. The highest BCUT2D eigenvalue weighted by Crippen LogP contribution is 2.22. The van der Waals surface area contributed by atoms with Gasteiger partial charge in [-0.1, -0.05) is 0 Å². The van der Waals surface area contributed by atoms with E-state index in [1.165, 1.54) is 0 Å². The van der Waals surface area contributed by atoms with Crippen LogP contribution in [0.2, 0.25) is 0 Å². The third-order valence-corrected chi connectivity index (χ3v) is 2.35.